The number of halogens is 2. The molecule has 0 amide bonds. The van der Waals surface area contributed by atoms with E-state index in [9.17, 15) is 4.39 Å². The van der Waals surface area contributed by atoms with Gasteiger partial charge in [-0.05, 0) is 30.0 Å². The van der Waals surface area contributed by atoms with E-state index in [0.717, 1.165) is 16.6 Å². The highest BCUT2D eigenvalue weighted by atomic mass is 79.9. The smallest absolute Gasteiger partial charge is 0.124 e. The van der Waals surface area contributed by atoms with Crippen LogP contribution in [0.4, 0.5) is 4.39 Å². The molecule has 0 aliphatic rings. The molecule has 1 atom stereocenters. The van der Waals surface area contributed by atoms with Crippen LogP contribution in [0.3, 0.4) is 0 Å². The minimum Gasteiger partial charge on any atom is -0.310 e. The zero-order chi connectivity index (χ0) is 12.3. The maximum absolute atomic E-state index is 12.9. The summed E-state index contributed by atoms with van der Waals surface area (Å²) in [7, 11) is 0. The van der Waals surface area contributed by atoms with Crippen LogP contribution in [0.5, 0.6) is 0 Å². The molecule has 0 heterocycles. The maximum Gasteiger partial charge on any atom is 0.124 e. The number of hydrogen-bond donors (Lipinski definition) is 1. The van der Waals surface area contributed by atoms with E-state index >= 15 is 0 Å². The van der Waals surface area contributed by atoms with E-state index in [1.54, 1.807) is 0 Å². The Hall–Kier alpha value is -0.410. The Labute approximate surface area is 106 Å². The fourth-order valence-electron chi connectivity index (χ4n) is 1.42. The Balaban J connectivity index is 2.70. The van der Waals surface area contributed by atoms with Crippen LogP contribution in [0.2, 0.25) is 0 Å². The third-order valence-corrected chi connectivity index (χ3v) is 3.05. The van der Waals surface area contributed by atoms with Crippen LogP contribution in [0.1, 0.15) is 39.3 Å². The Bertz CT molecular complexity index is 357. The fourth-order valence-corrected chi connectivity index (χ4v) is 2.12. The van der Waals surface area contributed by atoms with Crippen molar-refractivity contribution in [1.82, 2.24) is 5.32 Å². The fraction of sp³-hybridized carbons (Fsp3) is 0.538. The molecule has 0 aromatic heterocycles. The van der Waals surface area contributed by atoms with Crippen molar-refractivity contribution >= 4 is 15.9 Å². The molecule has 0 aliphatic heterocycles. The van der Waals surface area contributed by atoms with Crippen LogP contribution in [-0.4, -0.2) is 6.54 Å². The van der Waals surface area contributed by atoms with Crippen LogP contribution >= 0.6 is 15.9 Å². The highest BCUT2D eigenvalue weighted by Gasteiger charge is 2.14. The molecule has 0 aliphatic carbocycles. The Kier molecular flexibility index (Phi) is 4.51. The van der Waals surface area contributed by atoms with Gasteiger partial charge in [-0.25, -0.2) is 4.39 Å². The van der Waals surface area contributed by atoms with Gasteiger partial charge in [-0.1, -0.05) is 42.8 Å². The lowest BCUT2D eigenvalue weighted by Crippen LogP contribution is -2.29. The third-order valence-electron chi connectivity index (χ3n) is 2.37. The average molecular weight is 288 g/mol. The molecule has 16 heavy (non-hydrogen) atoms. The largest absolute Gasteiger partial charge is 0.310 e. The van der Waals surface area contributed by atoms with Crippen LogP contribution in [0, 0.1) is 11.2 Å². The first-order chi connectivity index (χ1) is 7.29. The SMILES string of the molecule is CC(NCC(C)(C)C)c1ccc(F)cc1Br. The summed E-state index contributed by atoms with van der Waals surface area (Å²) in [6.45, 7) is 9.58. The van der Waals surface area contributed by atoms with Gasteiger partial charge in [0.1, 0.15) is 5.82 Å². The molecule has 0 radical (unpaired) electrons. The molecule has 90 valence electrons. The summed E-state index contributed by atoms with van der Waals surface area (Å²) >= 11 is 3.39. The van der Waals surface area contributed by atoms with E-state index in [-0.39, 0.29) is 17.3 Å². The van der Waals surface area contributed by atoms with Gasteiger partial charge in [-0.15, -0.1) is 0 Å². The first-order valence-corrected chi connectivity index (χ1v) is 6.27. The minimum atomic E-state index is -0.210. The highest BCUT2D eigenvalue weighted by Crippen LogP contribution is 2.25. The van der Waals surface area contributed by atoms with Crippen LogP contribution in [0.25, 0.3) is 0 Å². The molecule has 1 N–H and O–H groups in total. The Morgan fingerprint density at radius 1 is 1.38 bits per heavy atom. The second kappa shape index (κ2) is 5.28. The summed E-state index contributed by atoms with van der Waals surface area (Å²) in [4.78, 5) is 0. The van der Waals surface area contributed by atoms with E-state index in [1.165, 1.54) is 12.1 Å². The molecular formula is C13H19BrFN. The van der Waals surface area contributed by atoms with Gasteiger partial charge in [-0.2, -0.15) is 0 Å². The van der Waals surface area contributed by atoms with E-state index in [4.69, 9.17) is 0 Å². The predicted molar refractivity (Wildman–Crippen MR) is 70.0 cm³/mol. The number of hydrogen-bond acceptors (Lipinski definition) is 1. The van der Waals surface area contributed by atoms with Crippen molar-refractivity contribution in [1.29, 1.82) is 0 Å². The van der Waals surface area contributed by atoms with Gasteiger partial charge in [0, 0.05) is 17.1 Å². The number of benzene rings is 1. The lowest BCUT2D eigenvalue weighted by Gasteiger charge is -2.23. The highest BCUT2D eigenvalue weighted by molar-refractivity contribution is 9.10. The van der Waals surface area contributed by atoms with E-state index in [0.29, 0.717) is 0 Å². The summed E-state index contributed by atoms with van der Waals surface area (Å²) in [5.41, 5.74) is 1.34. The van der Waals surface area contributed by atoms with Crippen molar-refractivity contribution in [3.05, 3.63) is 34.1 Å². The molecule has 3 heteroatoms. The number of rotatable bonds is 3. The molecule has 0 saturated heterocycles. The van der Waals surface area contributed by atoms with Crippen LogP contribution in [-0.2, 0) is 0 Å². The van der Waals surface area contributed by atoms with Crippen molar-refractivity contribution in [3.8, 4) is 0 Å². The van der Waals surface area contributed by atoms with Gasteiger partial charge < -0.3 is 5.32 Å². The zero-order valence-electron chi connectivity index (χ0n) is 10.3. The molecular weight excluding hydrogens is 269 g/mol. The summed E-state index contributed by atoms with van der Waals surface area (Å²) in [6.07, 6.45) is 0. The molecule has 1 nitrogen and oxygen atoms in total. The Morgan fingerprint density at radius 2 is 2.00 bits per heavy atom. The second-order valence-electron chi connectivity index (χ2n) is 5.33. The lowest BCUT2D eigenvalue weighted by molar-refractivity contribution is 0.359. The summed E-state index contributed by atoms with van der Waals surface area (Å²) in [6, 6.07) is 5.04. The molecule has 1 rings (SSSR count). The molecule has 0 fully saturated rings. The molecule has 0 saturated carbocycles. The molecule has 1 aromatic rings. The standard InChI is InChI=1S/C13H19BrFN/c1-9(16-8-13(2,3)4)11-6-5-10(15)7-12(11)14/h5-7,9,16H,8H2,1-4H3. The maximum atomic E-state index is 12.9. The molecule has 1 unspecified atom stereocenters. The summed E-state index contributed by atoms with van der Waals surface area (Å²) in [5, 5.41) is 3.45. The molecule has 0 bridgehead atoms. The monoisotopic (exact) mass is 287 g/mol. The van der Waals surface area contributed by atoms with Crippen molar-refractivity contribution < 1.29 is 4.39 Å². The Morgan fingerprint density at radius 3 is 2.50 bits per heavy atom. The minimum absolute atomic E-state index is 0.210. The second-order valence-corrected chi connectivity index (χ2v) is 6.18. The van der Waals surface area contributed by atoms with Crippen molar-refractivity contribution in [2.24, 2.45) is 5.41 Å². The third kappa shape index (κ3) is 4.22. The van der Waals surface area contributed by atoms with Crippen LogP contribution < -0.4 is 5.32 Å². The van der Waals surface area contributed by atoms with Gasteiger partial charge in [0.05, 0.1) is 0 Å². The summed E-state index contributed by atoms with van der Waals surface area (Å²) < 4.78 is 13.8. The van der Waals surface area contributed by atoms with Gasteiger partial charge in [0.2, 0.25) is 0 Å². The topological polar surface area (TPSA) is 12.0 Å². The van der Waals surface area contributed by atoms with Gasteiger partial charge in [0.25, 0.3) is 0 Å². The van der Waals surface area contributed by atoms with Gasteiger partial charge >= 0.3 is 0 Å². The first kappa shape index (κ1) is 13.7. The molecule has 0 spiro atoms. The zero-order valence-corrected chi connectivity index (χ0v) is 11.9. The quantitative estimate of drug-likeness (QED) is 0.875. The number of nitrogens with one attached hydrogen (secondary N) is 1. The average Bonchev–Trinajstić information content (AvgIpc) is 2.13. The molecule has 1 aromatic carbocycles. The van der Waals surface area contributed by atoms with E-state index < -0.39 is 0 Å². The summed E-state index contributed by atoms with van der Waals surface area (Å²) in [5.74, 6) is -0.210. The van der Waals surface area contributed by atoms with Crippen molar-refractivity contribution in [2.75, 3.05) is 6.54 Å². The van der Waals surface area contributed by atoms with Gasteiger partial charge in [0.15, 0.2) is 0 Å². The van der Waals surface area contributed by atoms with Crippen molar-refractivity contribution in [2.45, 2.75) is 33.7 Å². The predicted octanol–water partition coefficient (Wildman–Crippen LogP) is 4.28. The normalized spacial score (nSPS) is 13.9. The van der Waals surface area contributed by atoms with Crippen LogP contribution in [0.15, 0.2) is 22.7 Å². The van der Waals surface area contributed by atoms with Gasteiger partial charge in [-0.3, -0.25) is 0 Å². The van der Waals surface area contributed by atoms with Crippen molar-refractivity contribution in [3.63, 3.8) is 0 Å². The lowest BCUT2D eigenvalue weighted by atomic mass is 9.96. The first-order valence-electron chi connectivity index (χ1n) is 5.48. The van der Waals surface area contributed by atoms with E-state index in [1.807, 2.05) is 6.07 Å². The van der Waals surface area contributed by atoms with E-state index in [2.05, 4.69) is 48.9 Å².